The fourth-order valence-corrected chi connectivity index (χ4v) is 4.60. The minimum atomic E-state index is -0.965. The van der Waals surface area contributed by atoms with Crippen molar-refractivity contribution in [3.63, 3.8) is 0 Å². The average Bonchev–Trinajstić information content (AvgIpc) is 2.86. The number of ether oxygens (including phenoxy) is 4. The lowest BCUT2D eigenvalue weighted by atomic mass is 10.0. The van der Waals surface area contributed by atoms with Gasteiger partial charge in [0.25, 0.3) is 0 Å². The number of rotatable bonds is 10. The van der Waals surface area contributed by atoms with E-state index < -0.39 is 18.5 Å². The monoisotopic (exact) mass is 560 g/mol. The Bertz CT molecular complexity index is 941. The van der Waals surface area contributed by atoms with Crippen molar-refractivity contribution in [3.05, 3.63) is 108 Å². The van der Waals surface area contributed by atoms with Crippen molar-refractivity contribution < 1.29 is 24.1 Å². The predicted molar refractivity (Wildman–Crippen MR) is 135 cm³/mol. The van der Waals surface area contributed by atoms with Crippen molar-refractivity contribution in [3.8, 4) is 0 Å². The van der Waals surface area contributed by atoms with Gasteiger partial charge in [-0.1, -0.05) is 114 Å². The topological polar surface area (TPSA) is 57.2 Å². The summed E-state index contributed by atoms with van der Waals surface area (Å²) in [5, 5.41) is 10.6. The van der Waals surface area contributed by atoms with Gasteiger partial charge in [-0.3, -0.25) is 0 Å². The molecule has 0 amide bonds. The second kappa shape index (κ2) is 12.6. The van der Waals surface area contributed by atoms with Crippen molar-refractivity contribution in [2.75, 3.05) is 6.61 Å². The first kappa shape index (κ1) is 24.3. The van der Waals surface area contributed by atoms with Crippen LogP contribution in [0.5, 0.6) is 0 Å². The molecule has 6 heteroatoms. The highest BCUT2D eigenvalue weighted by Crippen LogP contribution is 2.31. The van der Waals surface area contributed by atoms with Crippen LogP contribution in [0, 0.1) is 0 Å². The lowest BCUT2D eigenvalue weighted by Crippen LogP contribution is -2.58. The standard InChI is InChI=1S/C27H29IO5/c28-24-26(32-18-22-14-8-3-9-15-22)25(31-17-21-12-6-2-7-13-21)23(33-27(24)29)19-30-16-20-10-4-1-5-11-20/h1-15,23-27,29H,16-19H2/t23?,24?,25-,26?,27+/m1/s1. The predicted octanol–water partition coefficient (Wildman–Crippen LogP) is 4.89. The Balaban J connectivity index is 1.46. The molecule has 3 aromatic carbocycles. The van der Waals surface area contributed by atoms with Crippen LogP contribution < -0.4 is 0 Å². The first-order valence-corrected chi connectivity index (χ1v) is 12.4. The number of hydrogen-bond acceptors (Lipinski definition) is 5. The Kier molecular flexibility index (Phi) is 9.28. The van der Waals surface area contributed by atoms with Gasteiger partial charge in [-0.05, 0) is 16.7 Å². The minimum Gasteiger partial charge on any atom is -0.374 e. The maximum Gasteiger partial charge on any atom is 0.169 e. The summed E-state index contributed by atoms with van der Waals surface area (Å²) in [5.74, 6) is 0. The number of halogens is 1. The zero-order valence-electron chi connectivity index (χ0n) is 18.3. The molecule has 3 aromatic rings. The van der Waals surface area contributed by atoms with E-state index in [1.165, 1.54) is 0 Å². The van der Waals surface area contributed by atoms with Gasteiger partial charge in [0.15, 0.2) is 6.29 Å². The molecule has 0 aromatic heterocycles. The SMILES string of the molecule is O[C@H]1OC(COCc2ccccc2)[C@@H](OCc2ccccc2)C(OCc2ccccc2)C1I. The van der Waals surface area contributed by atoms with Crippen LogP contribution in [-0.4, -0.2) is 40.2 Å². The molecule has 0 aliphatic carbocycles. The van der Waals surface area contributed by atoms with E-state index >= 15 is 0 Å². The zero-order chi connectivity index (χ0) is 22.9. The summed E-state index contributed by atoms with van der Waals surface area (Å²) in [5.41, 5.74) is 3.22. The van der Waals surface area contributed by atoms with Gasteiger partial charge in [0.05, 0.1) is 30.4 Å². The Morgan fingerprint density at radius 3 is 1.64 bits per heavy atom. The maximum absolute atomic E-state index is 10.6. The van der Waals surface area contributed by atoms with Crippen molar-refractivity contribution >= 4 is 22.6 Å². The third kappa shape index (κ3) is 7.09. The molecular weight excluding hydrogens is 531 g/mol. The van der Waals surface area contributed by atoms with Crippen LogP contribution in [0.4, 0.5) is 0 Å². The molecule has 0 spiro atoms. The number of alkyl halides is 1. The fraction of sp³-hybridized carbons (Fsp3) is 0.333. The summed E-state index contributed by atoms with van der Waals surface area (Å²) in [4.78, 5) is 0. The number of aliphatic hydroxyl groups excluding tert-OH is 1. The van der Waals surface area contributed by atoms with E-state index in [-0.39, 0.29) is 10.0 Å². The molecule has 0 bridgehead atoms. The van der Waals surface area contributed by atoms with Gasteiger partial charge in [-0.15, -0.1) is 0 Å². The van der Waals surface area contributed by atoms with Gasteiger partial charge in [0, 0.05) is 0 Å². The normalized spacial score (nSPS) is 25.1. The molecular formula is C27H29IO5. The van der Waals surface area contributed by atoms with Gasteiger partial charge >= 0.3 is 0 Å². The van der Waals surface area contributed by atoms with Crippen LogP contribution in [-0.2, 0) is 38.8 Å². The van der Waals surface area contributed by atoms with Gasteiger partial charge in [-0.2, -0.15) is 0 Å². The third-order valence-electron chi connectivity index (χ3n) is 5.55. The van der Waals surface area contributed by atoms with E-state index in [2.05, 4.69) is 22.6 Å². The van der Waals surface area contributed by atoms with Crippen molar-refractivity contribution in [2.24, 2.45) is 0 Å². The van der Waals surface area contributed by atoms with E-state index in [4.69, 9.17) is 18.9 Å². The van der Waals surface area contributed by atoms with E-state index in [1.807, 2.05) is 91.0 Å². The van der Waals surface area contributed by atoms with Gasteiger partial charge in [-0.25, -0.2) is 0 Å². The molecule has 0 radical (unpaired) electrons. The van der Waals surface area contributed by atoms with E-state index in [9.17, 15) is 5.11 Å². The molecule has 1 fully saturated rings. The molecule has 174 valence electrons. The Labute approximate surface area is 208 Å². The lowest BCUT2D eigenvalue weighted by Gasteiger charge is -2.42. The van der Waals surface area contributed by atoms with Crippen molar-refractivity contribution in [2.45, 2.75) is 48.3 Å². The maximum atomic E-state index is 10.6. The van der Waals surface area contributed by atoms with Gasteiger partial charge < -0.3 is 24.1 Å². The first-order valence-electron chi connectivity index (χ1n) is 11.1. The van der Waals surface area contributed by atoms with Gasteiger partial charge in [0.2, 0.25) is 0 Å². The minimum absolute atomic E-state index is 0.280. The first-order chi connectivity index (χ1) is 16.2. The summed E-state index contributed by atoms with van der Waals surface area (Å²) >= 11 is 2.19. The molecule has 5 atom stereocenters. The van der Waals surface area contributed by atoms with Crippen LogP contribution in [0.3, 0.4) is 0 Å². The van der Waals surface area contributed by atoms with Crippen LogP contribution >= 0.6 is 22.6 Å². The molecule has 33 heavy (non-hydrogen) atoms. The molecule has 1 heterocycles. The zero-order valence-corrected chi connectivity index (χ0v) is 20.5. The van der Waals surface area contributed by atoms with Crippen LogP contribution in [0.25, 0.3) is 0 Å². The fourth-order valence-electron chi connectivity index (χ4n) is 3.81. The highest BCUT2D eigenvalue weighted by molar-refractivity contribution is 14.1. The second-order valence-corrected chi connectivity index (χ2v) is 9.47. The molecule has 3 unspecified atom stereocenters. The largest absolute Gasteiger partial charge is 0.374 e. The number of aliphatic hydroxyl groups is 1. The van der Waals surface area contributed by atoms with Crippen LogP contribution in [0.2, 0.25) is 0 Å². The average molecular weight is 560 g/mol. The highest BCUT2D eigenvalue weighted by atomic mass is 127. The van der Waals surface area contributed by atoms with Crippen molar-refractivity contribution in [1.82, 2.24) is 0 Å². The van der Waals surface area contributed by atoms with E-state index in [1.54, 1.807) is 0 Å². The smallest absolute Gasteiger partial charge is 0.169 e. The van der Waals surface area contributed by atoms with E-state index in [0.29, 0.717) is 26.4 Å². The second-order valence-electron chi connectivity index (χ2n) is 8.03. The summed E-state index contributed by atoms with van der Waals surface area (Å²) in [6.07, 6.45) is -2.17. The van der Waals surface area contributed by atoms with Crippen LogP contribution in [0.15, 0.2) is 91.0 Å². The summed E-state index contributed by atoms with van der Waals surface area (Å²) in [6, 6.07) is 30.0. The van der Waals surface area contributed by atoms with Crippen molar-refractivity contribution in [1.29, 1.82) is 0 Å². The molecule has 0 saturated carbocycles. The lowest BCUT2D eigenvalue weighted by molar-refractivity contribution is -0.258. The number of hydrogen-bond donors (Lipinski definition) is 1. The summed E-state index contributed by atoms with van der Waals surface area (Å²) < 4.78 is 24.3. The van der Waals surface area contributed by atoms with E-state index in [0.717, 1.165) is 16.7 Å². The molecule has 1 saturated heterocycles. The summed E-state index contributed by atoms with van der Waals surface area (Å²) in [6.45, 7) is 1.61. The Morgan fingerprint density at radius 1 is 0.667 bits per heavy atom. The van der Waals surface area contributed by atoms with Crippen LogP contribution in [0.1, 0.15) is 16.7 Å². The number of benzene rings is 3. The summed E-state index contributed by atoms with van der Waals surface area (Å²) in [7, 11) is 0. The quantitative estimate of drug-likeness (QED) is 0.283. The molecule has 5 nitrogen and oxygen atoms in total. The van der Waals surface area contributed by atoms with Gasteiger partial charge in [0.1, 0.15) is 18.3 Å². The molecule has 1 aliphatic rings. The third-order valence-corrected chi connectivity index (χ3v) is 6.88. The molecule has 4 rings (SSSR count). The molecule has 1 N–H and O–H groups in total. The highest BCUT2D eigenvalue weighted by Gasteiger charge is 2.46. The Hall–Kier alpha value is -1.81. The molecule has 1 aliphatic heterocycles. The Morgan fingerprint density at radius 2 is 1.12 bits per heavy atom.